The summed E-state index contributed by atoms with van der Waals surface area (Å²) < 4.78 is 44.8. The summed E-state index contributed by atoms with van der Waals surface area (Å²) in [5.41, 5.74) is -0.727. The number of nitrogens with one attached hydrogen (secondary N) is 1. The summed E-state index contributed by atoms with van der Waals surface area (Å²) in [5, 5.41) is 8.86. The average Bonchev–Trinajstić information content (AvgIpc) is 2.38. The number of carbonyl (C=O) groups is 1. The highest BCUT2D eigenvalue weighted by Crippen LogP contribution is 2.19. The van der Waals surface area contributed by atoms with Crippen LogP contribution in [0.3, 0.4) is 0 Å². The third kappa shape index (κ3) is 3.75. The molecule has 6 nitrogen and oxygen atoms in total. The highest BCUT2D eigenvalue weighted by Gasteiger charge is 2.21. The summed E-state index contributed by atoms with van der Waals surface area (Å²) in [6.45, 7) is 3.00. The molecule has 0 radical (unpaired) electrons. The number of ether oxygens (including phenoxy) is 1. The van der Waals surface area contributed by atoms with Crippen LogP contribution >= 0.6 is 0 Å². The van der Waals surface area contributed by atoms with E-state index in [0.717, 1.165) is 12.1 Å². The average molecular weight is 305 g/mol. The van der Waals surface area contributed by atoms with Gasteiger partial charge in [-0.25, -0.2) is 22.3 Å². The van der Waals surface area contributed by atoms with Gasteiger partial charge in [0.15, 0.2) is 0 Å². The van der Waals surface area contributed by atoms with E-state index in [4.69, 9.17) is 9.84 Å². The highest BCUT2D eigenvalue weighted by atomic mass is 32.2. The first kappa shape index (κ1) is 16.5. The van der Waals surface area contributed by atoms with Crippen molar-refractivity contribution in [2.75, 3.05) is 13.7 Å². The molecule has 1 rings (SSSR count). The van der Waals surface area contributed by atoms with Gasteiger partial charge in [-0.05, 0) is 31.5 Å². The van der Waals surface area contributed by atoms with Gasteiger partial charge in [0.2, 0.25) is 10.0 Å². The van der Waals surface area contributed by atoms with E-state index in [1.807, 2.05) is 0 Å². The molecular weight excluding hydrogens is 289 g/mol. The van der Waals surface area contributed by atoms with Gasteiger partial charge in [-0.2, -0.15) is 0 Å². The third-order valence-corrected chi connectivity index (χ3v) is 4.13. The fraction of sp³-hybridized carbons (Fsp3) is 0.417. The molecule has 0 aliphatic heterocycles. The first-order valence-electron chi connectivity index (χ1n) is 5.75. The molecule has 0 fully saturated rings. The Morgan fingerprint density at radius 3 is 2.60 bits per heavy atom. The molecule has 0 aromatic heterocycles. The number of rotatable bonds is 6. The highest BCUT2D eigenvalue weighted by molar-refractivity contribution is 7.89. The van der Waals surface area contributed by atoms with Crippen LogP contribution in [0.4, 0.5) is 4.39 Å². The van der Waals surface area contributed by atoms with Gasteiger partial charge in [-0.15, -0.1) is 0 Å². The molecule has 0 aliphatic carbocycles. The second-order valence-electron chi connectivity index (χ2n) is 4.31. The molecule has 1 atom stereocenters. The lowest BCUT2D eigenvalue weighted by atomic mass is 10.1. The molecule has 8 heteroatoms. The second-order valence-corrected chi connectivity index (χ2v) is 6.07. The van der Waals surface area contributed by atoms with Crippen LogP contribution in [-0.4, -0.2) is 39.3 Å². The predicted molar refractivity (Wildman–Crippen MR) is 69.8 cm³/mol. The lowest BCUT2D eigenvalue weighted by Gasteiger charge is -2.12. The molecule has 0 amide bonds. The lowest BCUT2D eigenvalue weighted by molar-refractivity contribution is 0.0691. The molecule has 112 valence electrons. The van der Waals surface area contributed by atoms with E-state index in [2.05, 4.69) is 4.72 Å². The van der Waals surface area contributed by atoms with Crippen LogP contribution < -0.4 is 4.72 Å². The minimum Gasteiger partial charge on any atom is -0.478 e. The number of aryl methyl sites for hydroxylation is 1. The summed E-state index contributed by atoms with van der Waals surface area (Å²) in [4.78, 5) is 10.6. The molecule has 0 bridgehead atoms. The molecule has 0 spiro atoms. The maximum Gasteiger partial charge on any atom is 0.338 e. The molecule has 0 saturated carbocycles. The lowest BCUT2D eigenvalue weighted by Crippen LogP contribution is -2.31. The first-order chi connectivity index (χ1) is 9.19. The van der Waals surface area contributed by atoms with E-state index in [0.29, 0.717) is 0 Å². The Balaban J connectivity index is 3.16. The van der Waals surface area contributed by atoms with Gasteiger partial charge in [0.05, 0.1) is 16.6 Å². The number of carboxylic acid groups (broad SMARTS) is 1. The molecule has 2 N–H and O–H groups in total. The standard InChI is InChI=1S/C12H16FNO5S/c1-7-4-9(5-10(11(7)13)12(15)16)20(17,18)14-6-8(2)19-3/h4-5,8,14H,6H2,1-3H3,(H,15,16). The summed E-state index contributed by atoms with van der Waals surface area (Å²) in [6.07, 6.45) is -0.342. The predicted octanol–water partition coefficient (Wildman–Crippen LogP) is 1.15. The molecular formula is C12H16FNO5S. The van der Waals surface area contributed by atoms with E-state index < -0.39 is 27.4 Å². The van der Waals surface area contributed by atoms with E-state index >= 15 is 0 Å². The smallest absolute Gasteiger partial charge is 0.338 e. The first-order valence-corrected chi connectivity index (χ1v) is 7.23. The van der Waals surface area contributed by atoms with Crippen molar-refractivity contribution in [3.05, 3.63) is 29.1 Å². The zero-order valence-electron chi connectivity index (χ0n) is 11.3. The molecule has 20 heavy (non-hydrogen) atoms. The summed E-state index contributed by atoms with van der Waals surface area (Å²) in [6, 6.07) is 1.88. The fourth-order valence-corrected chi connectivity index (χ4v) is 2.67. The normalized spacial score (nSPS) is 13.2. The van der Waals surface area contributed by atoms with Crippen molar-refractivity contribution < 1.29 is 27.4 Å². The summed E-state index contributed by atoms with van der Waals surface area (Å²) in [5.74, 6) is -2.46. The monoisotopic (exact) mass is 305 g/mol. The molecule has 1 aromatic carbocycles. The van der Waals surface area contributed by atoms with Gasteiger partial charge in [0.25, 0.3) is 0 Å². The number of hydrogen-bond acceptors (Lipinski definition) is 4. The quantitative estimate of drug-likeness (QED) is 0.822. The number of benzene rings is 1. The Bertz CT molecular complexity index is 615. The molecule has 1 unspecified atom stereocenters. The fourth-order valence-electron chi connectivity index (χ4n) is 1.44. The van der Waals surface area contributed by atoms with E-state index in [1.54, 1.807) is 6.92 Å². The Hall–Kier alpha value is -1.51. The number of carboxylic acids is 1. The number of hydrogen-bond donors (Lipinski definition) is 2. The van der Waals surface area contributed by atoms with Crippen molar-refractivity contribution in [3.63, 3.8) is 0 Å². The Labute approximate surface area is 116 Å². The number of sulfonamides is 1. The minimum atomic E-state index is -3.92. The Morgan fingerprint density at radius 1 is 1.50 bits per heavy atom. The van der Waals surface area contributed by atoms with Crippen LogP contribution in [0.5, 0.6) is 0 Å². The molecule has 0 heterocycles. The molecule has 0 aliphatic rings. The summed E-state index contributed by atoms with van der Waals surface area (Å²) >= 11 is 0. The van der Waals surface area contributed by atoms with Gasteiger partial charge in [-0.1, -0.05) is 0 Å². The van der Waals surface area contributed by atoms with Gasteiger partial charge in [0.1, 0.15) is 5.82 Å². The van der Waals surface area contributed by atoms with Crippen molar-refractivity contribution >= 4 is 16.0 Å². The zero-order valence-corrected chi connectivity index (χ0v) is 12.1. The van der Waals surface area contributed by atoms with E-state index in [9.17, 15) is 17.6 Å². The number of aromatic carboxylic acids is 1. The zero-order chi connectivity index (χ0) is 15.5. The van der Waals surface area contributed by atoms with Crippen molar-refractivity contribution in [1.82, 2.24) is 4.72 Å². The minimum absolute atomic E-state index is 0.0255. The maximum atomic E-state index is 13.6. The van der Waals surface area contributed by atoms with Crippen molar-refractivity contribution in [3.8, 4) is 0 Å². The summed E-state index contributed by atoms with van der Waals surface area (Å²) in [7, 11) is -2.49. The topological polar surface area (TPSA) is 92.7 Å². The maximum absolute atomic E-state index is 13.6. The van der Waals surface area contributed by atoms with Gasteiger partial charge < -0.3 is 9.84 Å². The van der Waals surface area contributed by atoms with Crippen molar-refractivity contribution in [1.29, 1.82) is 0 Å². The number of halogens is 1. The second kappa shape index (κ2) is 6.29. The largest absolute Gasteiger partial charge is 0.478 e. The van der Waals surface area contributed by atoms with E-state index in [-0.39, 0.29) is 23.1 Å². The van der Waals surface area contributed by atoms with Crippen molar-refractivity contribution in [2.24, 2.45) is 0 Å². The third-order valence-electron chi connectivity index (χ3n) is 2.73. The molecule has 1 aromatic rings. The van der Waals surface area contributed by atoms with Crippen LogP contribution in [0.15, 0.2) is 17.0 Å². The number of methoxy groups -OCH3 is 1. The SMILES string of the molecule is COC(C)CNS(=O)(=O)c1cc(C)c(F)c(C(=O)O)c1. The van der Waals surface area contributed by atoms with Crippen LogP contribution in [0, 0.1) is 12.7 Å². The van der Waals surface area contributed by atoms with Crippen LogP contribution in [0.2, 0.25) is 0 Å². The Kier molecular flexibility index (Phi) is 5.21. The Morgan fingerprint density at radius 2 is 2.10 bits per heavy atom. The van der Waals surface area contributed by atoms with Crippen LogP contribution in [-0.2, 0) is 14.8 Å². The van der Waals surface area contributed by atoms with Gasteiger partial charge in [-0.3, -0.25) is 0 Å². The van der Waals surface area contributed by atoms with Crippen LogP contribution in [0.25, 0.3) is 0 Å². The molecule has 0 saturated heterocycles. The van der Waals surface area contributed by atoms with Crippen LogP contribution in [0.1, 0.15) is 22.8 Å². The van der Waals surface area contributed by atoms with E-state index in [1.165, 1.54) is 14.0 Å². The van der Waals surface area contributed by atoms with Gasteiger partial charge >= 0.3 is 5.97 Å². The van der Waals surface area contributed by atoms with Gasteiger partial charge in [0, 0.05) is 13.7 Å². The van der Waals surface area contributed by atoms with Crippen molar-refractivity contribution in [2.45, 2.75) is 24.8 Å².